The Bertz CT molecular complexity index is 465. The van der Waals surface area contributed by atoms with Crippen molar-refractivity contribution in [3.63, 3.8) is 0 Å². The van der Waals surface area contributed by atoms with E-state index in [1.807, 2.05) is 20.8 Å². The van der Waals surface area contributed by atoms with Gasteiger partial charge >= 0.3 is 6.03 Å². The van der Waals surface area contributed by atoms with Crippen LogP contribution in [0.2, 0.25) is 0 Å². The molecule has 2 rings (SSSR count). The highest BCUT2D eigenvalue weighted by atomic mass is 16.5. The maximum atomic E-state index is 12.2. The van der Waals surface area contributed by atoms with Crippen molar-refractivity contribution >= 4 is 6.03 Å². The molecule has 2 atom stereocenters. The maximum Gasteiger partial charge on any atom is 0.317 e. The number of amides is 2. The lowest BCUT2D eigenvalue weighted by Gasteiger charge is -2.34. The van der Waals surface area contributed by atoms with Crippen LogP contribution < -0.4 is 5.32 Å². The van der Waals surface area contributed by atoms with Crippen LogP contribution in [0, 0.1) is 5.92 Å². The van der Waals surface area contributed by atoms with Gasteiger partial charge in [-0.15, -0.1) is 0 Å². The number of aryl methyl sites for hydroxylation is 2. The number of piperidine rings is 1. The molecule has 0 spiro atoms. The number of urea groups is 1. The summed E-state index contributed by atoms with van der Waals surface area (Å²) in [7, 11) is 0. The van der Waals surface area contributed by atoms with E-state index in [-0.39, 0.29) is 11.9 Å². The molecule has 1 aliphatic rings. The number of hydrogen-bond acceptors (Lipinski definition) is 4. The van der Waals surface area contributed by atoms with E-state index in [9.17, 15) is 9.90 Å². The van der Waals surface area contributed by atoms with E-state index >= 15 is 0 Å². The molecule has 1 aromatic heterocycles. The molecule has 21 heavy (non-hydrogen) atoms. The molecular weight excluding hydrogens is 270 g/mol. The van der Waals surface area contributed by atoms with Crippen molar-refractivity contribution < 1.29 is 14.4 Å². The van der Waals surface area contributed by atoms with Gasteiger partial charge in [-0.3, -0.25) is 0 Å². The number of aliphatic hydroxyl groups excluding tert-OH is 1. The van der Waals surface area contributed by atoms with Crippen LogP contribution in [-0.4, -0.2) is 40.4 Å². The Labute approximate surface area is 125 Å². The molecule has 1 fully saturated rings. The van der Waals surface area contributed by atoms with E-state index in [1.54, 1.807) is 4.90 Å². The number of rotatable bonds is 4. The van der Waals surface area contributed by atoms with Gasteiger partial charge in [0.2, 0.25) is 0 Å². The van der Waals surface area contributed by atoms with E-state index in [0.29, 0.717) is 19.6 Å². The van der Waals surface area contributed by atoms with Crippen molar-refractivity contribution in [1.29, 1.82) is 0 Å². The average Bonchev–Trinajstić information content (AvgIpc) is 2.89. The summed E-state index contributed by atoms with van der Waals surface area (Å²) in [5.74, 6) is 1.09. The lowest BCUT2D eigenvalue weighted by molar-refractivity contribution is 0.0435. The van der Waals surface area contributed by atoms with Gasteiger partial charge in [-0.2, -0.15) is 0 Å². The van der Waals surface area contributed by atoms with Crippen molar-refractivity contribution in [1.82, 2.24) is 15.4 Å². The number of aromatic nitrogens is 1. The summed E-state index contributed by atoms with van der Waals surface area (Å²) in [5, 5.41) is 16.8. The highest BCUT2D eigenvalue weighted by Gasteiger charge is 2.27. The van der Waals surface area contributed by atoms with Crippen LogP contribution in [0.1, 0.15) is 44.2 Å². The van der Waals surface area contributed by atoms with Crippen molar-refractivity contribution in [3.05, 3.63) is 17.0 Å². The van der Waals surface area contributed by atoms with Gasteiger partial charge in [-0.05, 0) is 18.8 Å². The molecule has 0 radical (unpaired) electrons. The van der Waals surface area contributed by atoms with Crippen molar-refractivity contribution in [3.8, 4) is 0 Å². The molecule has 6 nitrogen and oxygen atoms in total. The smallest absolute Gasteiger partial charge is 0.317 e. The van der Waals surface area contributed by atoms with Crippen LogP contribution >= 0.6 is 0 Å². The second-order valence-corrected chi connectivity index (χ2v) is 5.68. The van der Waals surface area contributed by atoms with E-state index in [1.165, 1.54) is 0 Å². The van der Waals surface area contributed by atoms with E-state index < -0.39 is 6.10 Å². The minimum Gasteiger partial charge on any atom is -0.391 e. The van der Waals surface area contributed by atoms with E-state index in [4.69, 9.17) is 4.52 Å². The van der Waals surface area contributed by atoms with Gasteiger partial charge in [-0.25, -0.2) is 4.79 Å². The van der Waals surface area contributed by atoms with Gasteiger partial charge in [0.25, 0.3) is 0 Å². The molecule has 0 aromatic carbocycles. The molecule has 2 heterocycles. The second-order valence-electron chi connectivity index (χ2n) is 5.68. The monoisotopic (exact) mass is 295 g/mol. The number of likely N-dealkylation sites (tertiary alicyclic amines) is 1. The number of β-amino-alcohol motifs (C(OH)–C–C–N with tert-alkyl or cyclic N) is 1. The van der Waals surface area contributed by atoms with Crippen LogP contribution in [0.4, 0.5) is 4.79 Å². The summed E-state index contributed by atoms with van der Waals surface area (Å²) in [5.41, 5.74) is 1.89. The van der Waals surface area contributed by atoms with Gasteiger partial charge in [0.1, 0.15) is 5.76 Å². The number of hydrogen-bond donors (Lipinski definition) is 2. The highest BCUT2D eigenvalue weighted by Crippen LogP contribution is 2.18. The van der Waals surface area contributed by atoms with Crippen LogP contribution in [0.25, 0.3) is 0 Å². The lowest BCUT2D eigenvalue weighted by Crippen LogP contribution is -2.49. The van der Waals surface area contributed by atoms with Gasteiger partial charge in [0.05, 0.1) is 11.8 Å². The third kappa shape index (κ3) is 3.56. The molecule has 0 aliphatic carbocycles. The fourth-order valence-corrected chi connectivity index (χ4v) is 2.65. The maximum absolute atomic E-state index is 12.2. The van der Waals surface area contributed by atoms with Gasteiger partial charge in [0, 0.05) is 31.6 Å². The van der Waals surface area contributed by atoms with E-state index in [2.05, 4.69) is 10.5 Å². The van der Waals surface area contributed by atoms with Crippen LogP contribution in [0.3, 0.4) is 0 Å². The van der Waals surface area contributed by atoms with Gasteiger partial charge in [-0.1, -0.05) is 25.9 Å². The third-order valence-electron chi connectivity index (χ3n) is 4.23. The zero-order valence-corrected chi connectivity index (χ0v) is 13.1. The molecular formula is C15H25N3O3. The second kappa shape index (κ2) is 6.93. The number of carbonyl (C=O) groups is 1. The van der Waals surface area contributed by atoms with E-state index in [0.717, 1.165) is 36.3 Å². The first-order valence-corrected chi connectivity index (χ1v) is 7.73. The molecule has 0 bridgehead atoms. The van der Waals surface area contributed by atoms with Gasteiger partial charge in [0.15, 0.2) is 0 Å². The third-order valence-corrected chi connectivity index (χ3v) is 4.23. The molecule has 2 amide bonds. The molecule has 2 N–H and O–H groups in total. The Kier molecular flexibility index (Phi) is 5.22. The topological polar surface area (TPSA) is 78.6 Å². The Morgan fingerprint density at radius 3 is 2.86 bits per heavy atom. The SMILES string of the molecule is CCc1noc(CC)c1CNC(=O)N1CCC(C)C(O)C1. The van der Waals surface area contributed by atoms with Crippen LogP contribution in [0.15, 0.2) is 4.52 Å². The molecule has 1 saturated heterocycles. The minimum absolute atomic E-state index is 0.133. The Morgan fingerprint density at radius 1 is 1.48 bits per heavy atom. The summed E-state index contributed by atoms with van der Waals surface area (Å²) < 4.78 is 5.29. The number of nitrogens with one attached hydrogen (secondary N) is 1. The number of aliphatic hydroxyl groups is 1. The normalized spacial score (nSPS) is 22.4. The largest absolute Gasteiger partial charge is 0.391 e. The molecule has 1 aliphatic heterocycles. The summed E-state index contributed by atoms with van der Waals surface area (Å²) in [4.78, 5) is 13.9. The molecule has 118 valence electrons. The predicted molar refractivity (Wildman–Crippen MR) is 78.9 cm³/mol. The summed E-state index contributed by atoms with van der Waals surface area (Å²) in [6.45, 7) is 7.56. The zero-order chi connectivity index (χ0) is 15.4. The summed E-state index contributed by atoms with van der Waals surface area (Å²) >= 11 is 0. The molecule has 1 aromatic rings. The first kappa shape index (κ1) is 15.8. The molecule has 2 unspecified atom stereocenters. The first-order chi connectivity index (χ1) is 10.1. The van der Waals surface area contributed by atoms with Crippen molar-refractivity contribution in [2.45, 2.75) is 52.7 Å². The molecule has 0 saturated carbocycles. The van der Waals surface area contributed by atoms with Crippen LogP contribution in [0.5, 0.6) is 0 Å². The van der Waals surface area contributed by atoms with Gasteiger partial charge < -0.3 is 19.8 Å². The summed E-state index contributed by atoms with van der Waals surface area (Å²) in [6.07, 6.45) is 1.95. The Balaban J connectivity index is 1.94. The Morgan fingerprint density at radius 2 is 2.24 bits per heavy atom. The van der Waals surface area contributed by atoms with Crippen molar-refractivity contribution in [2.75, 3.05) is 13.1 Å². The lowest BCUT2D eigenvalue weighted by atomic mass is 9.96. The fraction of sp³-hybridized carbons (Fsp3) is 0.733. The minimum atomic E-state index is -0.433. The Hall–Kier alpha value is -1.56. The number of nitrogens with zero attached hydrogens (tertiary/aromatic N) is 2. The fourth-order valence-electron chi connectivity index (χ4n) is 2.65. The molecule has 6 heteroatoms. The standard InChI is InChI=1S/C15H25N3O3/c1-4-12-11(14(5-2)21-17-12)8-16-15(20)18-7-6-10(3)13(19)9-18/h10,13,19H,4-9H2,1-3H3,(H,16,20). The van der Waals surface area contributed by atoms with Crippen molar-refractivity contribution in [2.24, 2.45) is 5.92 Å². The zero-order valence-electron chi connectivity index (χ0n) is 13.1. The average molecular weight is 295 g/mol. The predicted octanol–water partition coefficient (Wildman–Crippen LogP) is 1.71. The summed E-state index contributed by atoms with van der Waals surface area (Å²) in [6, 6.07) is -0.133. The van der Waals surface area contributed by atoms with Crippen LogP contribution in [-0.2, 0) is 19.4 Å². The number of carbonyl (C=O) groups excluding carboxylic acids is 1. The first-order valence-electron chi connectivity index (χ1n) is 7.73. The highest BCUT2D eigenvalue weighted by molar-refractivity contribution is 5.74. The quantitative estimate of drug-likeness (QED) is 0.886.